The highest BCUT2D eigenvalue weighted by Crippen LogP contribution is 2.44. The van der Waals surface area contributed by atoms with Gasteiger partial charge in [0.1, 0.15) is 11.6 Å². The summed E-state index contributed by atoms with van der Waals surface area (Å²) >= 11 is 0. The van der Waals surface area contributed by atoms with E-state index in [0.717, 1.165) is 12.8 Å². The summed E-state index contributed by atoms with van der Waals surface area (Å²) in [4.78, 5) is 25.7. The first-order valence-corrected chi connectivity index (χ1v) is 8.41. The topological polar surface area (TPSA) is 70.8 Å². The van der Waals surface area contributed by atoms with Crippen molar-refractivity contribution in [1.29, 1.82) is 0 Å². The lowest BCUT2D eigenvalue weighted by Gasteiger charge is -2.14. The first-order chi connectivity index (χ1) is 12.0. The summed E-state index contributed by atoms with van der Waals surface area (Å²) in [5, 5.41) is 9.41. The van der Waals surface area contributed by atoms with Crippen LogP contribution in [0.1, 0.15) is 23.4 Å². The Morgan fingerprint density at radius 1 is 1.12 bits per heavy atom. The van der Waals surface area contributed by atoms with Crippen molar-refractivity contribution >= 4 is 11.9 Å². The van der Waals surface area contributed by atoms with E-state index in [-0.39, 0.29) is 29.9 Å². The summed E-state index contributed by atoms with van der Waals surface area (Å²) in [6.45, 7) is 0.640. The maximum Gasteiger partial charge on any atom is 0.308 e. The fraction of sp³-hybridized carbons (Fsp3) is 0.368. The molecule has 2 aromatic rings. The molecule has 0 spiro atoms. The predicted molar refractivity (Wildman–Crippen MR) is 87.3 cm³/mol. The lowest BCUT2D eigenvalue weighted by Crippen LogP contribution is -2.29. The summed E-state index contributed by atoms with van der Waals surface area (Å²) in [5.41, 5.74) is 0.294. The van der Waals surface area contributed by atoms with E-state index in [4.69, 9.17) is 4.42 Å². The van der Waals surface area contributed by atoms with Crippen LogP contribution in [0.5, 0.6) is 0 Å². The van der Waals surface area contributed by atoms with Gasteiger partial charge in [-0.3, -0.25) is 9.59 Å². The molecule has 4 rings (SSSR count). The van der Waals surface area contributed by atoms with Crippen molar-refractivity contribution in [2.24, 2.45) is 17.8 Å². The van der Waals surface area contributed by atoms with Gasteiger partial charge in [0.25, 0.3) is 5.91 Å². The van der Waals surface area contributed by atoms with Crippen molar-refractivity contribution in [1.82, 2.24) is 4.90 Å². The normalized spacial score (nSPS) is 23.0. The van der Waals surface area contributed by atoms with E-state index < -0.39 is 17.7 Å². The van der Waals surface area contributed by atoms with Crippen LogP contribution in [0, 0.1) is 23.6 Å². The van der Waals surface area contributed by atoms with Crippen molar-refractivity contribution in [3.63, 3.8) is 0 Å². The highest BCUT2D eigenvalue weighted by Gasteiger charge is 2.47. The average Bonchev–Trinajstić information content (AvgIpc) is 3.16. The van der Waals surface area contributed by atoms with Gasteiger partial charge in [0.2, 0.25) is 0 Å². The van der Waals surface area contributed by atoms with Gasteiger partial charge in [-0.2, -0.15) is 0 Å². The molecule has 2 atom stereocenters. The van der Waals surface area contributed by atoms with Crippen molar-refractivity contribution in [3.8, 4) is 11.3 Å². The number of carboxylic acid groups (broad SMARTS) is 1. The van der Waals surface area contributed by atoms with Crippen LogP contribution >= 0.6 is 0 Å². The molecule has 0 bridgehead atoms. The number of likely N-dealkylation sites (tertiary alicyclic amines) is 1. The molecule has 130 valence electrons. The fourth-order valence-electron chi connectivity index (χ4n) is 3.67. The molecule has 1 N–H and O–H groups in total. The van der Waals surface area contributed by atoms with Gasteiger partial charge in [0.05, 0.1) is 11.5 Å². The van der Waals surface area contributed by atoms with E-state index >= 15 is 0 Å². The summed E-state index contributed by atoms with van der Waals surface area (Å²) in [6.07, 6.45) is 2.07. The fourth-order valence-corrected chi connectivity index (χ4v) is 3.67. The number of benzene rings is 1. The number of carbonyl (C=O) groups excluding carboxylic acids is 1. The summed E-state index contributed by atoms with van der Waals surface area (Å²) in [6, 6.07) is 9.28. The molecule has 6 heteroatoms. The van der Waals surface area contributed by atoms with Crippen molar-refractivity contribution in [2.45, 2.75) is 12.8 Å². The van der Waals surface area contributed by atoms with Gasteiger partial charge in [-0.25, -0.2) is 4.39 Å². The summed E-state index contributed by atoms with van der Waals surface area (Å²) in [5.74, 6) is -1.30. The molecule has 1 aromatic carbocycles. The van der Waals surface area contributed by atoms with Gasteiger partial charge in [-0.15, -0.1) is 0 Å². The molecule has 0 radical (unpaired) electrons. The quantitative estimate of drug-likeness (QED) is 0.925. The molecule has 2 aliphatic rings. The predicted octanol–water partition coefficient (Wildman–Crippen LogP) is 3.27. The van der Waals surface area contributed by atoms with Crippen molar-refractivity contribution < 1.29 is 23.5 Å². The molecule has 25 heavy (non-hydrogen) atoms. The van der Waals surface area contributed by atoms with Crippen LogP contribution in [-0.2, 0) is 4.79 Å². The Morgan fingerprint density at radius 3 is 2.56 bits per heavy atom. The molecule has 1 saturated heterocycles. The minimum Gasteiger partial charge on any atom is -0.481 e. The Kier molecular flexibility index (Phi) is 3.82. The molecule has 1 aliphatic heterocycles. The molecule has 0 unspecified atom stereocenters. The average molecular weight is 343 g/mol. The van der Waals surface area contributed by atoms with Crippen molar-refractivity contribution in [2.75, 3.05) is 13.1 Å². The van der Waals surface area contributed by atoms with E-state index in [2.05, 4.69) is 0 Å². The van der Waals surface area contributed by atoms with Crippen LogP contribution in [0.25, 0.3) is 11.3 Å². The smallest absolute Gasteiger partial charge is 0.308 e. The summed E-state index contributed by atoms with van der Waals surface area (Å²) in [7, 11) is 0. The molecule has 2 fully saturated rings. The summed E-state index contributed by atoms with van der Waals surface area (Å²) < 4.78 is 19.4. The van der Waals surface area contributed by atoms with Crippen LogP contribution in [0.3, 0.4) is 0 Å². The number of hydrogen-bond acceptors (Lipinski definition) is 3. The zero-order valence-electron chi connectivity index (χ0n) is 13.5. The van der Waals surface area contributed by atoms with Gasteiger partial charge in [0.15, 0.2) is 5.76 Å². The Labute approximate surface area is 144 Å². The van der Waals surface area contributed by atoms with Crippen LogP contribution in [0.4, 0.5) is 4.39 Å². The second-order valence-corrected chi connectivity index (χ2v) is 6.80. The van der Waals surface area contributed by atoms with Gasteiger partial charge < -0.3 is 14.4 Å². The third-order valence-electron chi connectivity index (χ3n) is 5.15. The third kappa shape index (κ3) is 2.92. The van der Waals surface area contributed by atoms with E-state index in [1.807, 2.05) is 0 Å². The zero-order valence-corrected chi connectivity index (χ0v) is 13.5. The zero-order chi connectivity index (χ0) is 17.6. The standard InChI is InChI=1S/C19H18FNO4/c20-15-4-2-1-3-12(15)16-7-8-17(25-16)18(22)21-9-13(11-5-6-11)14(10-21)19(23)24/h1-4,7-8,11,13-14H,5-6,9-10H2,(H,23,24)/t13-,14+/m1/s1. The van der Waals surface area contributed by atoms with Crippen LogP contribution in [-0.4, -0.2) is 35.0 Å². The number of carbonyl (C=O) groups is 2. The van der Waals surface area contributed by atoms with E-state index in [1.165, 1.54) is 12.1 Å². The van der Waals surface area contributed by atoms with Crippen LogP contribution in [0.2, 0.25) is 0 Å². The number of halogens is 1. The number of aliphatic carboxylic acids is 1. The lowest BCUT2D eigenvalue weighted by molar-refractivity contribution is -0.142. The Balaban J connectivity index is 1.54. The van der Waals surface area contributed by atoms with Crippen LogP contribution in [0.15, 0.2) is 40.8 Å². The first-order valence-electron chi connectivity index (χ1n) is 8.41. The Bertz CT molecular complexity index is 826. The highest BCUT2D eigenvalue weighted by atomic mass is 19.1. The number of carboxylic acids is 1. The van der Waals surface area contributed by atoms with Gasteiger partial charge in [-0.1, -0.05) is 12.1 Å². The van der Waals surface area contributed by atoms with Crippen LogP contribution < -0.4 is 0 Å². The molecular formula is C19H18FNO4. The highest BCUT2D eigenvalue weighted by molar-refractivity contribution is 5.93. The molecule has 1 aliphatic carbocycles. The van der Waals surface area contributed by atoms with Gasteiger partial charge in [-0.05, 0) is 48.9 Å². The first kappa shape index (κ1) is 15.9. The van der Waals surface area contributed by atoms with E-state index in [1.54, 1.807) is 29.2 Å². The number of amides is 1. The number of hydrogen-bond donors (Lipinski definition) is 1. The lowest BCUT2D eigenvalue weighted by atomic mass is 9.92. The third-order valence-corrected chi connectivity index (χ3v) is 5.15. The minimum absolute atomic E-state index is 0.0162. The van der Waals surface area contributed by atoms with Gasteiger partial charge >= 0.3 is 5.97 Å². The van der Waals surface area contributed by atoms with Crippen molar-refractivity contribution in [3.05, 3.63) is 48.0 Å². The Morgan fingerprint density at radius 2 is 1.88 bits per heavy atom. The largest absolute Gasteiger partial charge is 0.481 e. The Hall–Kier alpha value is -2.63. The second kappa shape index (κ2) is 6.02. The molecule has 2 heterocycles. The van der Waals surface area contributed by atoms with E-state index in [0.29, 0.717) is 18.0 Å². The maximum atomic E-state index is 13.9. The number of nitrogens with zero attached hydrogens (tertiary/aromatic N) is 1. The molecule has 1 amide bonds. The molecular weight excluding hydrogens is 325 g/mol. The van der Waals surface area contributed by atoms with Gasteiger partial charge in [0, 0.05) is 13.1 Å². The maximum absolute atomic E-state index is 13.9. The number of rotatable bonds is 4. The minimum atomic E-state index is -0.848. The SMILES string of the molecule is O=C(O)[C@H]1CN(C(=O)c2ccc(-c3ccccc3F)o2)C[C@@H]1C1CC1. The molecule has 1 saturated carbocycles. The van der Waals surface area contributed by atoms with E-state index in [9.17, 15) is 19.1 Å². The molecule has 5 nitrogen and oxygen atoms in total. The number of furan rings is 1. The second-order valence-electron chi connectivity index (χ2n) is 6.80. The molecule has 1 aromatic heterocycles. The monoisotopic (exact) mass is 343 g/mol.